The summed E-state index contributed by atoms with van der Waals surface area (Å²) < 4.78 is 4.68. The van der Waals surface area contributed by atoms with E-state index in [-0.39, 0.29) is 17.8 Å². The lowest BCUT2D eigenvalue weighted by atomic mass is 10.5. The summed E-state index contributed by atoms with van der Waals surface area (Å²) in [5, 5.41) is 11.9. The van der Waals surface area contributed by atoms with Crippen LogP contribution in [0.25, 0.3) is 0 Å². The van der Waals surface area contributed by atoms with Gasteiger partial charge in [-0.05, 0) is 0 Å². The normalized spacial score (nSPS) is 14.8. The number of hydrogen-bond acceptors (Lipinski definition) is 8. The second kappa shape index (κ2) is 3.60. The Bertz CT molecular complexity index is 308. The van der Waals surface area contributed by atoms with Crippen molar-refractivity contribution < 1.29 is 9.84 Å². The minimum Gasteiger partial charge on any atom is -0.368 e. The zero-order valence-electron chi connectivity index (χ0n) is 7.85. The molecule has 1 unspecified atom stereocenters. The molecule has 78 valence electrons. The number of nitrogens with zero attached hydrogens (tertiary/aromatic N) is 3. The number of nitrogens with two attached hydrogens (primary N) is 2. The summed E-state index contributed by atoms with van der Waals surface area (Å²) in [6.45, 7) is 1.38. The third-order valence-electron chi connectivity index (χ3n) is 1.41. The highest BCUT2D eigenvalue weighted by Gasteiger charge is 2.20. The van der Waals surface area contributed by atoms with Gasteiger partial charge in [-0.1, -0.05) is 0 Å². The van der Waals surface area contributed by atoms with Crippen LogP contribution in [0.3, 0.4) is 0 Å². The Kier molecular flexibility index (Phi) is 2.68. The fraction of sp³-hybridized carbons (Fsp3) is 0.500. The molecule has 0 saturated carbocycles. The molecule has 0 aliphatic rings. The van der Waals surface area contributed by atoms with Crippen molar-refractivity contribution in [3.8, 4) is 0 Å². The Morgan fingerprint density at radius 3 is 2.21 bits per heavy atom. The SMILES string of the molecule is COC(C)(O)Nc1nc(N)nc(N)n1. The van der Waals surface area contributed by atoms with Gasteiger partial charge in [0, 0.05) is 14.0 Å². The largest absolute Gasteiger partial charge is 0.368 e. The van der Waals surface area contributed by atoms with Gasteiger partial charge in [-0.3, -0.25) is 0 Å². The van der Waals surface area contributed by atoms with Gasteiger partial charge in [-0.15, -0.1) is 0 Å². The molecule has 8 heteroatoms. The Hall–Kier alpha value is -1.67. The molecule has 0 aliphatic carbocycles. The highest BCUT2D eigenvalue weighted by molar-refractivity contribution is 5.37. The Labute approximate surface area is 80.3 Å². The van der Waals surface area contributed by atoms with E-state index in [9.17, 15) is 5.11 Å². The average molecular weight is 200 g/mol. The van der Waals surface area contributed by atoms with Crippen LogP contribution >= 0.6 is 0 Å². The van der Waals surface area contributed by atoms with Gasteiger partial charge in [-0.2, -0.15) is 15.0 Å². The van der Waals surface area contributed by atoms with Gasteiger partial charge < -0.3 is 26.6 Å². The highest BCUT2D eigenvalue weighted by Crippen LogP contribution is 2.10. The third-order valence-corrected chi connectivity index (χ3v) is 1.41. The van der Waals surface area contributed by atoms with Gasteiger partial charge in [0.1, 0.15) is 0 Å². The quantitative estimate of drug-likeness (QED) is 0.445. The van der Waals surface area contributed by atoms with Crippen LogP contribution in [0.15, 0.2) is 0 Å². The molecule has 1 heterocycles. The summed E-state index contributed by atoms with van der Waals surface area (Å²) >= 11 is 0. The number of nitrogens with one attached hydrogen (secondary N) is 1. The topological polar surface area (TPSA) is 132 Å². The van der Waals surface area contributed by atoms with Gasteiger partial charge in [-0.25, -0.2) is 0 Å². The number of rotatable bonds is 3. The van der Waals surface area contributed by atoms with Crippen LogP contribution in [0.2, 0.25) is 0 Å². The molecule has 0 aliphatic heterocycles. The highest BCUT2D eigenvalue weighted by atomic mass is 16.6. The van der Waals surface area contributed by atoms with Crippen LogP contribution in [0.4, 0.5) is 17.8 Å². The van der Waals surface area contributed by atoms with E-state index in [4.69, 9.17) is 11.5 Å². The first-order valence-corrected chi connectivity index (χ1v) is 3.75. The van der Waals surface area contributed by atoms with Crippen LogP contribution in [0, 0.1) is 0 Å². The van der Waals surface area contributed by atoms with Crippen molar-refractivity contribution in [2.24, 2.45) is 0 Å². The number of methoxy groups -OCH3 is 1. The molecule has 0 amide bonds. The maximum Gasteiger partial charge on any atom is 0.245 e. The molecule has 14 heavy (non-hydrogen) atoms. The molecule has 8 nitrogen and oxygen atoms in total. The average Bonchev–Trinajstić information content (AvgIpc) is 2.01. The molecule has 0 fully saturated rings. The van der Waals surface area contributed by atoms with Crippen molar-refractivity contribution in [1.29, 1.82) is 0 Å². The van der Waals surface area contributed by atoms with Gasteiger partial charge in [0.05, 0.1) is 0 Å². The second-order valence-electron chi connectivity index (χ2n) is 2.69. The number of aromatic nitrogens is 3. The van der Waals surface area contributed by atoms with Crippen molar-refractivity contribution in [3.05, 3.63) is 0 Å². The monoisotopic (exact) mass is 200 g/mol. The molecule has 1 rings (SSSR count). The zero-order valence-corrected chi connectivity index (χ0v) is 7.85. The number of aliphatic hydroxyl groups is 1. The van der Waals surface area contributed by atoms with Crippen molar-refractivity contribution >= 4 is 17.8 Å². The lowest BCUT2D eigenvalue weighted by Crippen LogP contribution is -2.37. The van der Waals surface area contributed by atoms with E-state index < -0.39 is 5.91 Å². The maximum atomic E-state index is 9.44. The fourth-order valence-electron chi connectivity index (χ4n) is 0.724. The molecule has 0 spiro atoms. The van der Waals surface area contributed by atoms with E-state index in [1.807, 2.05) is 0 Å². The molecule has 1 atom stereocenters. The van der Waals surface area contributed by atoms with E-state index in [2.05, 4.69) is 25.0 Å². The second-order valence-corrected chi connectivity index (χ2v) is 2.69. The maximum absolute atomic E-state index is 9.44. The smallest absolute Gasteiger partial charge is 0.245 e. The number of anilines is 3. The Morgan fingerprint density at radius 1 is 1.29 bits per heavy atom. The fourth-order valence-corrected chi connectivity index (χ4v) is 0.724. The van der Waals surface area contributed by atoms with Crippen LogP contribution < -0.4 is 16.8 Å². The van der Waals surface area contributed by atoms with Crippen LogP contribution in [0.1, 0.15) is 6.92 Å². The summed E-state index contributed by atoms with van der Waals surface area (Å²) in [4.78, 5) is 10.9. The van der Waals surface area contributed by atoms with E-state index in [1.165, 1.54) is 14.0 Å². The van der Waals surface area contributed by atoms with Gasteiger partial charge in [0.2, 0.25) is 23.8 Å². The molecule has 1 aromatic rings. The summed E-state index contributed by atoms with van der Waals surface area (Å²) in [7, 11) is 1.32. The predicted molar refractivity (Wildman–Crippen MR) is 49.9 cm³/mol. The van der Waals surface area contributed by atoms with E-state index >= 15 is 0 Å². The summed E-state index contributed by atoms with van der Waals surface area (Å²) in [6.07, 6.45) is 0. The van der Waals surface area contributed by atoms with Crippen LogP contribution in [-0.4, -0.2) is 33.1 Å². The summed E-state index contributed by atoms with van der Waals surface area (Å²) in [6, 6.07) is 0. The molecular formula is C6H12N6O2. The minimum absolute atomic E-state index is 0.0353. The van der Waals surface area contributed by atoms with Gasteiger partial charge in [0.15, 0.2) is 0 Å². The first-order valence-electron chi connectivity index (χ1n) is 3.75. The van der Waals surface area contributed by atoms with Crippen molar-refractivity contribution in [1.82, 2.24) is 15.0 Å². The minimum atomic E-state index is -1.58. The standard InChI is InChI=1S/C6H12N6O2/c1-6(13,14-2)12-5-10-3(7)9-4(8)11-5/h13H,1-2H3,(H5,7,8,9,10,11,12). The van der Waals surface area contributed by atoms with Crippen molar-refractivity contribution in [2.45, 2.75) is 12.8 Å². The van der Waals surface area contributed by atoms with Crippen LogP contribution in [0.5, 0.6) is 0 Å². The van der Waals surface area contributed by atoms with E-state index in [0.29, 0.717) is 0 Å². The summed E-state index contributed by atoms with van der Waals surface area (Å²) in [5.41, 5.74) is 10.6. The number of hydrogen-bond donors (Lipinski definition) is 4. The first-order chi connectivity index (χ1) is 6.43. The lowest BCUT2D eigenvalue weighted by molar-refractivity contribution is -0.147. The predicted octanol–water partition coefficient (Wildman–Crippen LogP) is -1.24. The van der Waals surface area contributed by atoms with E-state index in [1.54, 1.807) is 0 Å². The molecule has 6 N–H and O–H groups in total. The van der Waals surface area contributed by atoms with E-state index in [0.717, 1.165) is 0 Å². The third kappa shape index (κ3) is 2.68. The number of nitrogen functional groups attached to an aromatic ring is 2. The molecule has 1 aromatic heterocycles. The van der Waals surface area contributed by atoms with Crippen molar-refractivity contribution in [3.63, 3.8) is 0 Å². The van der Waals surface area contributed by atoms with Gasteiger partial charge in [0.25, 0.3) is 0 Å². The first kappa shape index (κ1) is 10.4. The zero-order chi connectivity index (χ0) is 10.8. The lowest BCUT2D eigenvalue weighted by Gasteiger charge is -2.22. The Morgan fingerprint density at radius 2 is 1.79 bits per heavy atom. The molecular weight excluding hydrogens is 188 g/mol. The molecule has 0 bridgehead atoms. The molecule has 0 aromatic carbocycles. The van der Waals surface area contributed by atoms with Crippen molar-refractivity contribution in [2.75, 3.05) is 23.9 Å². The van der Waals surface area contributed by atoms with Crippen LogP contribution in [-0.2, 0) is 4.74 Å². The Balaban J connectivity index is 2.87. The summed E-state index contributed by atoms with van der Waals surface area (Å²) in [5.74, 6) is -1.61. The molecule has 0 radical (unpaired) electrons. The van der Waals surface area contributed by atoms with Gasteiger partial charge >= 0.3 is 0 Å². The molecule has 0 saturated heterocycles. The number of ether oxygens (including phenoxy) is 1.